The van der Waals surface area contributed by atoms with Crippen LogP contribution in [0.25, 0.3) is 0 Å². The monoisotopic (exact) mass is 282 g/mol. The van der Waals surface area contributed by atoms with Crippen molar-refractivity contribution in [2.75, 3.05) is 12.3 Å². The van der Waals surface area contributed by atoms with Crippen LogP contribution in [0, 0.1) is 17.7 Å². The molecule has 0 spiro atoms. The normalized spacial score (nSPS) is 12.2. The first-order valence-corrected chi connectivity index (χ1v) is 6.37. The van der Waals surface area contributed by atoms with Crippen molar-refractivity contribution >= 4 is 17.6 Å². The van der Waals surface area contributed by atoms with Crippen molar-refractivity contribution in [2.24, 2.45) is 11.8 Å². The van der Waals surface area contributed by atoms with Crippen LogP contribution in [-0.4, -0.2) is 23.5 Å². The number of nitrogens with two attached hydrogens (primary N) is 1. The zero-order valence-corrected chi connectivity index (χ0v) is 11.5. The molecule has 1 aromatic rings. The van der Waals surface area contributed by atoms with Crippen molar-refractivity contribution in [3.8, 4) is 0 Å². The molecule has 6 heteroatoms. The van der Waals surface area contributed by atoms with Gasteiger partial charge >= 0.3 is 5.97 Å². The van der Waals surface area contributed by atoms with Gasteiger partial charge in [-0.2, -0.15) is 0 Å². The van der Waals surface area contributed by atoms with Gasteiger partial charge in [-0.25, -0.2) is 4.39 Å². The summed E-state index contributed by atoms with van der Waals surface area (Å²) in [5, 5.41) is 11.5. The number of hydrogen-bond acceptors (Lipinski definition) is 3. The summed E-state index contributed by atoms with van der Waals surface area (Å²) in [5.41, 5.74) is 5.47. The molecule has 0 bridgehead atoms. The fourth-order valence-electron chi connectivity index (χ4n) is 1.87. The summed E-state index contributed by atoms with van der Waals surface area (Å²) < 4.78 is 13.5. The standard InChI is InChI=1S/C14H19FN2O3/c1-8(2)5-9(14(19)20)7-17-13(18)11-4-3-10(16)6-12(11)15/h3-4,6,8-9H,5,7,16H2,1-2H3,(H,17,18)(H,19,20). The highest BCUT2D eigenvalue weighted by molar-refractivity contribution is 5.95. The van der Waals surface area contributed by atoms with Crippen LogP contribution in [0.4, 0.5) is 10.1 Å². The van der Waals surface area contributed by atoms with E-state index in [0.717, 1.165) is 6.07 Å². The lowest BCUT2D eigenvalue weighted by atomic mass is 9.97. The molecule has 0 heterocycles. The fraction of sp³-hybridized carbons (Fsp3) is 0.429. The molecule has 1 rings (SSSR count). The third kappa shape index (κ3) is 4.53. The number of nitrogens with one attached hydrogen (secondary N) is 1. The van der Waals surface area contributed by atoms with Gasteiger partial charge in [-0.15, -0.1) is 0 Å². The number of hydrogen-bond donors (Lipinski definition) is 3. The number of carbonyl (C=O) groups excluding carboxylic acids is 1. The van der Waals surface area contributed by atoms with E-state index in [1.54, 1.807) is 0 Å². The molecule has 20 heavy (non-hydrogen) atoms. The number of rotatable bonds is 6. The van der Waals surface area contributed by atoms with Gasteiger partial charge in [0.2, 0.25) is 0 Å². The second kappa shape index (κ2) is 6.88. The van der Waals surface area contributed by atoms with Crippen LogP contribution in [-0.2, 0) is 4.79 Å². The maximum Gasteiger partial charge on any atom is 0.308 e. The van der Waals surface area contributed by atoms with Gasteiger partial charge < -0.3 is 16.2 Å². The number of aliphatic carboxylic acids is 1. The van der Waals surface area contributed by atoms with Crippen LogP contribution in [0.15, 0.2) is 18.2 Å². The molecule has 110 valence electrons. The molecule has 0 aliphatic rings. The molecule has 1 atom stereocenters. The van der Waals surface area contributed by atoms with E-state index in [-0.39, 0.29) is 23.7 Å². The van der Waals surface area contributed by atoms with Crippen molar-refractivity contribution in [1.82, 2.24) is 5.32 Å². The van der Waals surface area contributed by atoms with E-state index in [9.17, 15) is 14.0 Å². The van der Waals surface area contributed by atoms with E-state index in [2.05, 4.69) is 5.32 Å². The number of amides is 1. The molecule has 1 aromatic carbocycles. The van der Waals surface area contributed by atoms with E-state index in [0.29, 0.717) is 6.42 Å². The average molecular weight is 282 g/mol. The lowest BCUT2D eigenvalue weighted by Crippen LogP contribution is -2.34. The Hall–Kier alpha value is -2.11. The smallest absolute Gasteiger partial charge is 0.308 e. The zero-order valence-electron chi connectivity index (χ0n) is 11.5. The molecule has 0 fully saturated rings. The van der Waals surface area contributed by atoms with Crippen molar-refractivity contribution < 1.29 is 19.1 Å². The number of anilines is 1. The number of carboxylic acid groups (broad SMARTS) is 1. The Bertz CT molecular complexity index is 503. The first-order valence-electron chi connectivity index (χ1n) is 6.37. The van der Waals surface area contributed by atoms with Crippen LogP contribution in [0.1, 0.15) is 30.6 Å². The molecular weight excluding hydrogens is 263 g/mol. The molecule has 0 aliphatic heterocycles. The third-order valence-corrected chi connectivity index (χ3v) is 2.85. The molecule has 1 amide bonds. The fourth-order valence-corrected chi connectivity index (χ4v) is 1.87. The van der Waals surface area contributed by atoms with E-state index in [1.165, 1.54) is 12.1 Å². The van der Waals surface area contributed by atoms with Crippen LogP contribution in [0.2, 0.25) is 0 Å². The third-order valence-electron chi connectivity index (χ3n) is 2.85. The van der Waals surface area contributed by atoms with Gasteiger partial charge in [0.05, 0.1) is 11.5 Å². The van der Waals surface area contributed by atoms with E-state index >= 15 is 0 Å². The summed E-state index contributed by atoms with van der Waals surface area (Å²) >= 11 is 0. The number of benzene rings is 1. The summed E-state index contributed by atoms with van der Waals surface area (Å²) in [7, 11) is 0. The van der Waals surface area contributed by atoms with Gasteiger partial charge in [0.1, 0.15) is 5.82 Å². The molecule has 0 saturated heterocycles. The highest BCUT2D eigenvalue weighted by atomic mass is 19.1. The van der Waals surface area contributed by atoms with Crippen LogP contribution in [0.5, 0.6) is 0 Å². The molecule has 0 aliphatic carbocycles. The van der Waals surface area contributed by atoms with E-state index < -0.39 is 23.6 Å². The Morgan fingerprint density at radius 1 is 1.40 bits per heavy atom. The Balaban J connectivity index is 2.68. The van der Waals surface area contributed by atoms with E-state index in [4.69, 9.17) is 10.8 Å². The highest BCUT2D eigenvalue weighted by Gasteiger charge is 2.20. The minimum atomic E-state index is -0.975. The van der Waals surface area contributed by atoms with Gasteiger partial charge in [-0.1, -0.05) is 13.8 Å². The van der Waals surface area contributed by atoms with Crippen molar-refractivity contribution in [2.45, 2.75) is 20.3 Å². The van der Waals surface area contributed by atoms with Gasteiger partial charge in [0.25, 0.3) is 5.91 Å². The molecule has 1 unspecified atom stereocenters. The number of carbonyl (C=O) groups is 2. The summed E-state index contributed by atoms with van der Waals surface area (Å²) in [6, 6.07) is 3.75. The number of halogens is 1. The zero-order chi connectivity index (χ0) is 15.3. The molecule has 0 saturated carbocycles. The minimum absolute atomic E-state index is 0.0316. The second-order valence-corrected chi connectivity index (χ2v) is 5.11. The summed E-state index contributed by atoms with van der Waals surface area (Å²) in [6.07, 6.45) is 0.444. The Labute approximate surface area is 117 Å². The van der Waals surface area contributed by atoms with Gasteiger partial charge in [-0.05, 0) is 30.5 Å². The van der Waals surface area contributed by atoms with Crippen LogP contribution in [0.3, 0.4) is 0 Å². The summed E-state index contributed by atoms with van der Waals surface area (Å²) in [4.78, 5) is 22.9. The SMILES string of the molecule is CC(C)CC(CNC(=O)c1ccc(N)cc1F)C(=O)O. The Kier molecular flexibility index (Phi) is 5.49. The minimum Gasteiger partial charge on any atom is -0.481 e. The maximum atomic E-state index is 13.5. The van der Waals surface area contributed by atoms with E-state index in [1.807, 2.05) is 13.8 Å². The molecule has 0 aromatic heterocycles. The predicted octanol–water partition coefficient (Wildman–Crippen LogP) is 1.88. The molecule has 4 N–H and O–H groups in total. The highest BCUT2D eigenvalue weighted by Crippen LogP contribution is 2.13. The van der Waals surface area contributed by atoms with Crippen molar-refractivity contribution in [1.29, 1.82) is 0 Å². The Morgan fingerprint density at radius 3 is 2.55 bits per heavy atom. The lowest BCUT2D eigenvalue weighted by molar-refractivity contribution is -0.142. The number of nitrogen functional groups attached to an aromatic ring is 1. The maximum absolute atomic E-state index is 13.5. The second-order valence-electron chi connectivity index (χ2n) is 5.11. The van der Waals surface area contributed by atoms with Gasteiger partial charge in [-0.3, -0.25) is 9.59 Å². The van der Waals surface area contributed by atoms with Crippen molar-refractivity contribution in [3.63, 3.8) is 0 Å². The first kappa shape index (κ1) is 15.9. The average Bonchev–Trinajstić information content (AvgIpc) is 2.33. The quantitative estimate of drug-likeness (QED) is 0.695. The van der Waals surface area contributed by atoms with Gasteiger partial charge in [0, 0.05) is 12.2 Å². The van der Waals surface area contributed by atoms with Crippen LogP contribution < -0.4 is 11.1 Å². The van der Waals surface area contributed by atoms with Crippen LogP contribution >= 0.6 is 0 Å². The number of carboxylic acids is 1. The topological polar surface area (TPSA) is 92.4 Å². The first-order chi connectivity index (χ1) is 9.31. The molecule has 0 radical (unpaired) electrons. The summed E-state index contributed by atoms with van der Waals surface area (Å²) in [6.45, 7) is 3.77. The molecule has 5 nitrogen and oxygen atoms in total. The predicted molar refractivity (Wildman–Crippen MR) is 73.7 cm³/mol. The lowest BCUT2D eigenvalue weighted by Gasteiger charge is -2.15. The largest absolute Gasteiger partial charge is 0.481 e. The van der Waals surface area contributed by atoms with Crippen molar-refractivity contribution in [3.05, 3.63) is 29.6 Å². The van der Waals surface area contributed by atoms with Gasteiger partial charge in [0.15, 0.2) is 0 Å². The Morgan fingerprint density at radius 2 is 2.05 bits per heavy atom. The molecular formula is C14H19FN2O3. The summed E-state index contributed by atoms with van der Waals surface area (Å²) in [5.74, 6) is -2.83.